The fourth-order valence-corrected chi connectivity index (χ4v) is 3.67. The minimum atomic E-state index is -3.10. The molecule has 1 N–H and O–H groups in total. The largest absolute Gasteiger partial charge is 0.381 e. The maximum Gasteiger partial charge on any atom is 0.178 e. The predicted molar refractivity (Wildman–Crippen MR) is 87.5 cm³/mol. The average molecular weight is 310 g/mol. The number of piperidine rings is 1. The first kappa shape index (κ1) is 16.3. The molecule has 0 aromatic heterocycles. The van der Waals surface area contributed by atoms with E-state index in [1.54, 1.807) is 19.1 Å². The van der Waals surface area contributed by atoms with Crippen molar-refractivity contribution in [1.82, 2.24) is 4.90 Å². The van der Waals surface area contributed by atoms with E-state index in [2.05, 4.69) is 17.1 Å². The highest BCUT2D eigenvalue weighted by atomic mass is 32.2. The summed E-state index contributed by atoms with van der Waals surface area (Å²) in [6, 6.07) is 7.45. The number of hydrogen-bond acceptors (Lipinski definition) is 4. The highest BCUT2D eigenvalue weighted by molar-refractivity contribution is 7.91. The lowest BCUT2D eigenvalue weighted by molar-refractivity contribution is 0.223. The van der Waals surface area contributed by atoms with Crippen molar-refractivity contribution in [3.8, 4) is 0 Å². The van der Waals surface area contributed by atoms with Gasteiger partial charge in [-0.15, -0.1) is 0 Å². The maximum absolute atomic E-state index is 11.8. The zero-order valence-corrected chi connectivity index (χ0v) is 13.8. The molecule has 1 unspecified atom stereocenters. The molecule has 1 saturated heterocycles. The Morgan fingerprint density at radius 1 is 1.14 bits per heavy atom. The van der Waals surface area contributed by atoms with Gasteiger partial charge in [-0.2, -0.15) is 0 Å². The van der Waals surface area contributed by atoms with Crippen LogP contribution in [0.1, 0.15) is 33.1 Å². The molecule has 0 radical (unpaired) electrons. The number of sulfone groups is 1. The molecule has 1 aromatic rings. The molecule has 0 spiro atoms. The molecule has 0 bridgehead atoms. The first-order chi connectivity index (χ1) is 10.0. The van der Waals surface area contributed by atoms with Gasteiger partial charge in [-0.25, -0.2) is 8.42 Å². The van der Waals surface area contributed by atoms with E-state index in [1.807, 2.05) is 12.1 Å². The highest BCUT2D eigenvalue weighted by Gasteiger charge is 2.14. The van der Waals surface area contributed by atoms with Crippen molar-refractivity contribution in [2.24, 2.45) is 0 Å². The van der Waals surface area contributed by atoms with Gasteiger partial charge in [0.05, 0.1) is 10.6 Å². The van der Waals surface area contributed by atoms with Crippen LogP contribution in [0.2, 0.25) is 0 Å². The lowest BCUT2D eigenvalue weighted by Crippen LogP contribution is -2.38. The minimum Gasteiger partial charge on any atom is -0.381 e. The number of hydrogen-bond donors (Lipinski definition) is 1. The minimum absolute atomic E-state index is 0.144. The summed E-state index contributed by atoms with van der Waals surface area (Å²) in [5.41, 5.74) is 0.981. The quantitative estimate of drug-likeness (QED) is 0.878. The molecular formula is C16H26N2O2S. The number of nitrogens with zero attached hydrogens (tertiary/aromatic N) is 1. The van der Waals surface area contributed by atoms with Crippen LogP contribution in [0.15, 0.2) is 29.2 Å². The van der Waals surface area contributed by atoms with Crippen molar-refractivity contribution in [2.75, 3.05) is 30.7 Å². The molecule has 1 fully saturated rings. The summed E-state index contributed by atoms with van der Waals surface area (Å²) in [5.74, 6) is 0.144. The molecule has 5 heteroatoms. The van der Waals surface area contributed by atoms with Crippen molar-refractivity contribution >= 4 is 15.5 Å². The molecular weight excluding hydrogens is 284 g/mol. The van der Waals surface area contributed by atoms with Gasteiger partial charge in [-0.05, 0) is 57.1 Å². The molecule has 0 saturated carbocycles. The Kier molecular flexibility index (Phi) is 5.65. The van der Waals surface area contributed by atoms with Gasteiger partial charge in [0.15, 0.2) is 9.84 Å². The van der Waals surface area contributed by atoms with Crippen molar-refractivity contribution in [3.05, 3.63) is 24.3 Å². The molecule has 1 heterocycles. The van der Waals surface area contributed by atoms with E-state index in [0.29, 0.717) is 10.9 Å². The summed E-state index contributed by atoms with van der Waals surface area (Å²) in [7, 11) is -3.10. The molecule has 2 rings (SSSR count). The number of anilines is 1. The Labute approximate surface area is 128 Å². The third-order valence-corrected chi connectivity index (χ3v) is 5.74. The van der Waals surface area contributed by atoms with Crippen molar-refractivity contribution in [3.63, 3.8) is 0 Å². The van der Waals surface area contributed by atoms with Gasteiger partial charge < -0.3 is 10.2 Å². The summed E-state index contributed by atoms with van der Waals surface area (Å²) in [6.45, 7) is 7.27. The van der Waals surface area contributed by atoms with Crippen LogP contribution in [0.4, 0.5) is 5.69 Å². The summed E-state index contributed by atoms with van der Waals surface area (Å²) in [6.07, 6.45) is 3.96. The van der Waals surface area contributed by atoms with E-state index in [1.165, 1.54) is 32.4 Å². The average Bonchev–Trinajstić information content (AvgIpc) is 2.48. The van der Waals surface area contributed by atoms with Gasteiger partial charge >= 0.3 is 0 Å². The lowest BCUT2D eigenvalue weighted by Gasteiger charge is -2.29. The van der Waals surface area contributed by atoms with Crippen LogP contribution < -0.4 is 5.32 Å². The molecule has 1 aliphatic rings. The second kappa shape index (κ2) is 7.27. The third-order valence-electron chi connectivity index (χ3n) is 3.99. The van der Waals surface area contributed by atoms with Crippen molar-refractivity contribution in [2.45, 2.75) is 44.0 Å². The number of likely N-dealkylation sites (tertiary alicyclic amines) is 1. The van der Waals surface area contributed by atoms with Gasteiger partial charge in [0.2, 0.25) is 0 Å². The Morgan fingerprint density at radius 2 is 1.76 bits per heavy atom. The molecule has 118 valence electrons. The summed E-state index contributed by atoms with van der Waals surface area (Å²) in [4.78, 5) is 2.90. The van der Waals surface area contributed by atoms with Crippen LogP contribution in [0.25, 0.3) is 0 Å². The monoisotopic (exact) mass is 310 g/mol. The van der Waals surface area contributed by atoms with Gasteiger partial charge in [-0.3, -0.25) is 0 Å². The summed E-state index contributed by atoms with van der Waals surface area (Å²) in [5, 5.41) is 3.45. The lowest BCUT2D eigenvalue weighted by atomic mass is 10.1. The van der Waals surface area contributed by atoms with Crippen LogP contribution in [-0.2, 0) is 9.84 Å². The molecule has 1 aromatic carbocycles. The smallest absolute Gasteiger partial charge is 0.178 e. The Hall–Kier alpha value is -1.07. The molecule has 21 heavy (non-hydrogen) atoms. The second-order valence-corrected chi connectivity index (χ2v) is 8.11. The van der Waals surface area contributed by atoms with Crippen LogP contribution in [0, 0.1) is 0 Å². The molecule has 0 aliphatic carbocycles. The van der Waals surface area contributed by atoms with Gasteiger partial charge in [0, 0.05) is 18.3 Å². The van der Waals surface area contributed by atoms with E-state index in [4.69, 9.17) is 0 Å². The topological polar surface area (TPSA) is 49.4 Å². The van der Waals surface area contributed by atoms with E-state index in [9.17, 15) is 8.42 Å². The van der Waals surface area contributed by atoms with Crippen molar-refractivity contribution in [1.29, 1.82) is 0 Å². The maximum atomic E-state index is 11.8. The fourth-order valence-electron chi connectivity index (χ4n) is 2.78. The van der Waals surface area contributed by atoms with Crippen LogP contribution in [0.3, 0.4) is 0 Å². The molecule has 0 amide bonds. The zero-order valence-electron chi connectivity index (χ0n) is 13.0. The molecule has 1 aliphatic heterocycles. The second-order valence-electron chi connectivity index (χ2n) is 5.83. The molecule has 1 atom stereocenters. The Balaban J connectivity index is 1.90. The van der Waals surface area contributed by atoms with Gasteiger partial charge in [-0.1, -0.05) is 13.3 Å². The number of nitrogens with one attached hydrogen (secondary N) is 1. The highest BCUT2D eigenvalue weighted by Crippen LogP contribution is 2.17. The summed E-state index contributed by atoms with van der Waals surface area (Å²) < 4.78 is 23.5. The standard InChI is InChI=1S/C16H26N2O2S/c1-3-21(19,20)16-9-7-15(8-10-16)17-14(2)13-18-11-5-4-6-12-18/h7-10,14,17H,3-6,11-13H2,1-2H3. The Morgan fingerprint density at radius 3 is 2.33 bits per heavy atom. The Bertz CT molecular complexity index is 534. The zero-order chi connectivity index (χ0) is 15.3. The van der Waals surface area contributed by atoms with Gasteiger partial charge in [0.1, 0.15) is 0 Å². The van der Waals surface area contributed by atoms with E-state index in [-0.39, 0.29) is 5.75 Å². The molecule has 4 nitrogen and oxygen atoms in total. The van der Waals surface area contributed by atoms with Crippen molar-refractivity contribution < 1.29 is 8.42 Å². The number of rotatable bonds is 6. The third kappa shape index (κ3) is 4.71. The fraction of sp³-hybridized carbons (Fsp3) is 0.625. The normalized spacial score (nSPS) is 18.4. The SMILES string of the molecule is CCS(=O)(=O)c1ccc(NC(C)CN2CCCCC2)cc1. The van der Waals surface area contributed by atoms with Gasteiger partial charge in [0.25, 0.3) is 0 Å². The van der Waals surface area contributed by atoms with E-state index >= 15 is 0 Å². The summed E-state index contributed by atoms with van der Waals surface area (Å²) >= 11 is 0. The van der Waals surface area contributed by atoms with E-state index in [0.717, 1.165) is 12.2 Å². The van der Waals surface area contributed by atoms with E-state index < -0.39 is 9.84 Å². The van der Waals surface area contributed by atoms with Crippen LogP contribution >= 0.6 is 0 Å². The van der Waals surface area contributed by atoms with Crippen LogP contribution in [-0.4, -0.2) is 44.7 Å². The first-order valence-electron chi connectivity index (χ1n) is 7.83. The van der Waals surface area contributed by atoms with Crippen LogP contribution in [0.5, 0.6) is 0 Å². The first-order valence-corrected chi connectivity index (χ1v) is 9.48. The number of benzene rings is 1. The predicted octanol–water partition coefficient (Wildman–Crippen LogP) is 2.77.